The number of hydrogen-bond donors (Lipinski definition) is 0. The van der Waals surface area contributed by atoms with Gasteiger partial charge in [0.05, 0.1) is 30.7 Å². The number of rotatable bonds is 5. The standard InChI is InChI=1S/C17H20N2O4S/c1-11(16(21)22-2)24-17-18-14-8-4-3-7-13(14)15(20)19(17)10-12-6-5-9-23-12/h3-4,7-8,11-12H,5-6,9-10H2,1-2H3/t11-,12+/m1/s1. The Bertz CT molecular complexity index is 799. The molecular weight excluding hydrogens is 328 g/mol. The number of nitrogens with zero attached hydrogens (tertiary/aromatic N) is 2. The zero-order valence-corrected chi connectivity index (χ0v) is 14.5. The van der Waals surface area contributed by atoms with Crippen LogP contribution in [0.1, 0.15) is 19.8 Å². The lowest BCUT2D eigenvalue weighted by Crippen LogP contribution is -2.29. The molecule has 2 atom stereocenters. The van der Waals surface area contributed by atoms with Gasteiger partial charge in [-0.2, -0.15) is 0 Å². The van der Waals surface area contributed by atoms with Gasteiger partial charge in [0.25, 0.3) is 5.56 Å². The minimum atomic E-state index is -0.446. The number of ether oxygens (including phenoxy) is 2. The number of benzene rings is 1. The summed E-state index contributed by atoms with van der Waals surface area (Å²) in [4.78, 5) is 29.2. The van der Waals surface area contributed by atoms with Crippen molar-refractivity contribution in [1.29, 1.82) is 0 Å². The summed E-state index contributed by atoms with van der Waals surface area (Å²) in [6.07, 6.45) is 1.94. The first kappa shape index (κ1) is 17.0. The van der Waals surface area contributed by atoms with Crippen LogP contribution in [0.3, 0.4) is 0 Å². The summed E-state index contributed by atoms with van der Waals surface area (Å²) in [6, 6.07) is 7.25. The summed E-state index contributed by atoms with van der Waals surface area (Å²) >= 11 is 1.24. The Hall–Kier alpha value is -1.86. The van der Waals surface area contributed by atoms with Gasteiger partial charge in [-0.3, -0.25) is 14.2 Å². The average molecular weight is 348 g/mol. The molecule has 0 N–H and O–H groups in total. The van der Waals surface area contributed by atoms with Crippen LogP contribution in [0.4, 0.5) is 0 Å². The highest BCUT2D eigenvalue weighted by Gasteiger charge is 2.23. The molecule has 2 aromatic rings. The zero-order valence-electron chi connectivity index (χ0n) is 13.7. The smallest absolute Gasteiger partial charge is 0.318 e. The van der Waals surface area contributed by atoms with Gasteiger partial charge in [-0.15, -0.1) is 0 Å². The second kappa shape index (κ2) is 7.36. The van der Waals surface area contributed by atoms with Crippen LogP contribution < -0.4 is 5.56 Å². The van der Waals surface area contributed by atoms with Crippen LogP contribution in [0.5, 0.6) is 0 Å². The SMILES string of the molecule is COC(=O)[C@@H](C)Sc1nc2ccccc2c(=O)n1C[C@@H]1CCCO1. The van der Waals surface area contributed by atoms with E-state index >= 15 is 0 Å². The monoisotopic (exact) mass is 348 g/mol. The van der Waals surface area contributed by atoms with Gasteiger partial charge < -0.3 is 9.47 Å². The fraction of sp³-hybridized carbons (Fsp3) is 0.471. The van der Waals surface area contributed by atoms with Crippen molar-refractivity contribution in [3.8, 4) is 0 Å². The number of aromatic nitrogens is 2. The van der Waals surface area contributed by atoms with Gasteiger partial charge in [0.15, 0.2) is 5.16 Å². The third-order valence-electron chi connectivity index (χ3n) is 4.05. The van der Waals surface area contributed by atoms with Crippen LogP contribution in [0.25, 0.3) is 10.9 Å². The lowest BCUT2D eigenvalue weighted by atomic mass is 10.2. The van der Waals surface area contributed by atoms with E-state index in [1.54, 1.807) is 23.6 Å². The van der Waals surface area contributed by atoms with Crippen molar-refractivity contribution in [2.24, 2.45) is 0 Å². The molecule has 24 heavy (non-hydrogen) atoms. The molecule has 1 aromatic heterocycles. The predicted molar refractivity (Wildman–Crippen MR) is 92.3 cm³/mol. The molecule has 1 fully saturated rings. The Morgan fingerprint density at radius 2 is 2.29 bits per heavy atom. The number of carbonyl (C=O) groups excluding carboxylic acids is 1. The zero-order chi connectivity index (χ0) is 17.1. The molecule has 0 aliphatic carbocycles. The second-order valence-electron chi connectivity index (χ2n) is 5.75. The van der Waals surface area contributed by atoms with Gasteiger partial charge in [-0.1, -0.05) is 23.9 Å². The molecular formula is C17H20N2O4S. The molecule has 6 nitrogen and oxygen atoms in total. The van der Waals surface area contributed by atoms with E-state index in [1.807, 2.05) is 12.1 Å². The number of para-hydroxylation sites is 1. The Morgan fingerprint density at radius 3 is 3.00 bits per heavy atom. The summed E-state index contributed by atoms with van der Waals surface area (Å²) in [5, 5.41) is 0.650. The molecule has 1 aliphatic rings. The summed E-state index contributed by atoms with van der Waals surface area (Å²) < 4.78 is 12.1. The largest absolute Gasteiger partial charge is 0.468 e. The molecule has 3 rings (SSSR count). The third-order valence-corrected chi connectivity index (χ3v) is 5.12. The molecule has 0 spiro atoms. The quantitative estimate of drug-likeness (QED) is 0.469. The van der Waals surface area contributed by atoms with Crippen LogP contribution in [0.2, 0.25) is 0 Å². The maximum absolute atomic E-state index is 12.9. The summed E-state index contributed by atoms with van der Waals surface area (Å²) in [5.74, 6) is -0.342. The number of esters is 1. The Morgan fingerprint density at radius 1 is 1.50 bits per heavy atom. The minimum Gasteiger partial charge on any atom is -0.468 e. The van der Waals surface area contributed by atoms with Gasteiger partial charge in [0.2, 0.25) is 0 Å². The van der Waals surface area contributed by atoms with Gasteiger partial charge in [0, 0.05) is 6.61 Å². The number of fused-ring (bicyclic) bond motifs is 1. The van der Waals surface area contributed by atoms with E-state index in [9.17, 15) is 9.59 Å². The molecule has 1 aromatic carbocycles. The van der Waals surface area contributed by atoms with Gasteiger partial charge >= 0.3 is 5.97 Å². The minimum absolute atomic E-state index is 0.0124. The molecule has 1 saturated heterocycles. The first-order valence-corrected chi connectivity index (χ1v) is 8.84. The average Bonchev–Trinajstić information content (AvgIpc) is 3.10. The van der Waals surface area contributed by atoms with E-state index in [2.05, 4.69) is 4.98 Å². The van der Waals surface area contributed by atoms with E-state index in [-0.39, 0.29) is 17.6 Å². The molecule has 0 unspecified atom stereocenters. The Labute approximate surface area is 144 Å². The number of carbonyl (C=O) groups is 1. The molecule has 2 heterocycles. The maximum Gasteiger partial charge on any atom is 0.318 e. The second-order valence-corrected chi connectivity index (χ2v) is 7.05. The van der Waals surface area contributed by atoms with Gasteiger partial charge in [0.1, 0.15) is 5.25 Å². The fourth-order valence-corrected chi connectivity index (χ4v) is 3.71. The molecule has 0 saturated carbocycles. The summed E-state index contributed by atoms with van der Waals surface area (Å²) in [7, 11) is 1.35. The van der Waals surface area contributed by atoms with Gasteiger partial charge in [-0.05, 0) is 31.9 Å². The van der Waals surface area contributed by atoms with Gasteiger partial charge in [-0.25, -0.2) is 4.98 Å². The van der Waals surface area contributed by atoms with E-state index in [1.165, 1.54) is 18.9 Å². The van der Waals surface area contributed by atoms with Crippen molar-refractivity contribution in [2.45, 2.75) is 42.8 Å². The third kappa shape index (κ3) is 3.47. The van der Waals surface area contributed by atoms with E-state index in [4.69, 9.17) is 9.47 Å². The Balaban J connectivity index is 2.03. The first-order chi connectivity index (χ1) is 11.6. The van der Waals surface area contributed by atoms with Crippen molar-refractivity contribution < 1.29 is 14.3 Å². The number of thioether (sulfide) groups is 1. The normalized spacial score (nSPS) is 18.7. The van der Waals surface area contributed by atoms with E-state index in [0.29, 0.717) is 22.6 Å². The van der Waals surface area contributed by atoms with Crippen LogP contribution in [-0.2, 0) is 20.8 Å². The predicted octanol–water partition coefficient (Wildman–Crippen LogP) is 2.23. The highest BCUT2D eigenvalue weighted by molar-refractivity contribution is 8.00. The topological polar surface area (TPSA) is 70.4 Å². The summed E-state index contributed by atoms with van der Waals surface area (Å²) in [6.45, 7) is 2.92. The van der Waals surface area contributed by atoms with Crippen molar-refractivity contribution in [1.82, 2.24) is 9.55 Å². The number of methoxy groups -OCH3 is 1. The lowest BCUT2D eigenvalue weighted by molar-refractivity contribution is -0.139. The molecule has 0 radical (unpaired) electrons. The van der Waals surface area contributed by atoms with Crippen molar-refractivity contribution >= 4 is 28.6 Å². The van der Waals surface area contributed by atoms with E-state index < -0.39 is 5.25 Å². The number of hydrogen-bond acceptors (Lipinski definition) is 6. The van der Waals surface area contributed by atoms with Crippen LogP contribution in [0.15, 0.2) is 34.2 Å². The van der Waals surface area contributed by atoms with Crippen molar-refractivity contribution in [2.75, 3.05) is 13.7 Å². The molecule has 128 valence electrons. The van der Waals surface area contributed by atoms with Crippen LogP contribution >= 0.6 is 11.8 Å². The molecule has 0 amide bonds. The van der Waals surface area contributed by atoms with Crippen molar-refractivity contribution in [3.63, 3.8) is 0 Å². The highest BCUT2D eigenvalue weighted by Crippen LogP contribution is 2.24. The maximum atomic E-state index is 12.9. The van der Waals surface area contributed by atoms with Crippen molar-refractivity contribution in [3.05, 3.63) is 34.6 Å². The molecule has 0 bridgehead atoms. The molecule has 7 heteroatoms. The lowest BCUT2D eigenvalue weighted by Gasteiger charge is -2.17. The van der Waals surface area contributed by atoms with Crippen LogP contribution in [0, 0.1) is 0 Å². The fourth-order valence-electron chi connectivity index (χ4n) is 2.76. The van der Waals surface area contributed by atoms with E-state index in [0.717, 1.165) is 19.4 Å². The van der Waals surface area contributed by atoms with Crippen LogP contribution in [-0.4, -0.2) is 40.6 Å². The first-order valence-electron chi connectivity index (χ1n) is 7.96. The Kier molecular flexibility index (Phi) is 5.20. The summed E-state index contributed by atoms with van der Waals surface area (Å²) in [5.41, 5.74) is 0.529. The highest BCUT2D eigenvalue weighted by atomic mass is 32.2. The molecule has 1 aliphatic heterocycles.